The first-order chi connectivity index (χ1) is 10.7. The van der Waals surface area contributed by atoms with Gasteiger partial charge in [-0.05, 0) is 37.7 Å². The van der Waals surface area contributed by atoms with E-state index in [2.05, 4.69) is 64.4 Å². The molecule has 0 spiro atoms. The van der Waals surface area contributed by atoms with Crippen molar-refractivity contribution in [1.29, 1.82) is 0 Å². The van der Waals surface area contributed by atoms with Gasteiger partial charge in [0.15, 0.2) is 0 Å². The summed E-state index contributed by atoms with van der Waals surface area (Å²) in [6.45, 7) is 3.02. The van der Waals surface area contributed by atoms with E-state index in [1.165, 1.54) is 5.56 Å². The van der Waals surface area contributed by atoms with Crippen molar-refractivity contribution in [1.82, 2.24) is 20.1 Å². The first-order valence-electron chi connectivity index (χ1n) is 7.44. The lowest BCUT2D eigenvalue weighted by atomic mass is 10.1. The van der Waals surface area contributed by atoms with E-state index >= 15 is 0 Å². The second-order valence-corrected chi connectivity index (χ2v) is 5.52. The van der Waals surface area contributed by atoms with E-state index in [9.17, 15) is 0 Å². The monoisotopic (exact) mass is 292 g/mol. The number of rotatable bonds is 5. The molecule has 1 atom stereocenters. The number of hydrogen-bond donors (Lipinski definition) is 1. The van der Waals surface area contributed by atoms with E-state index < -0.39 is 0 Å². The number of pyridine rings is 1. The third kappa shape index (κ3) is 3.23. The van der Waals surface area contributed by atoms with Crippen molar-refractivity contribution in [3.05, 3.63) is 72.2 Å². The molecule has 0 saturated carbocycles. The van der Waals surface area contributed by atoms with Crippen LogP contribution >= 0.6 is 0 Å². The molecule has 2 heterocycles. The molecule has 0 amide bonds. The lowest BCUT2D eigenvalue weighted by molar-refractivity contribution is 0.250. The molecule has 0 bridgehead atoms. The minimum Gasteiger partial charge on any atom is -0.294 e. The second-order valence-electron chi connectivity index (χ2n) is 5.52. The maximum Gasteiger partial charge on any atom is 0.0924 e. The summed E-state index contributed by atoms with van der Waals surface area (Å²) in [6.07, 6.45) is 3.67. The Kier molecular flexibility index (Phi) is 4.30. The molecule has 0 saturated heterocycles. The molecule has 0 aliphatic heterocycles. The summed E-state index contributed by atoms with van der Waals surface area (Å²) in [5.41, 5.74) is 4.50. The lowest BCUT2D eigenvalue weighted by Crippen LogP contribution is -2.22. The van der Waals surface area contributed by atoms with Gasteiger partial charge in [0.1, 0.15) is 0 Å². The third-order valence-corrected chi connectivity index (χ3v) is 3.97. The minimum atomic E-state index is 0.325. The van der Waals surface area contributed by atoms with Gasteiger partial charge in [-0.1, -0.05) is 30.3 Å². The topological polar surface area (TPSA) is 44.8 Å². The van der Waals surface area contributed by atoms with Gasteiger partial charge in [0.25, 0.3) is 0 Å². The molecule has 0 radical (unpaired) electrons. The average Bonchev–Trinajstić information content (AvgIpc) is 3.04. The van der Waals surface area contributed by atoms with E-state index in [4.69, 9.17) is 0 Å². The van der Waals surface area contributed by atoms with E-state index in [1.54, 1.807) is 0 Å². The molecule has 1 aromatic carbocycles. The number of hydrogen-bond acceptors (Lipinski definition) is 3. The van der Waals surface area contributed by atoms with Crippen molar-refractivity contribution in [3.8, 4) is 11.3 Å². The highest BCUT2D eigenvalue weighted by atomic mass is 15.2. The van der Waals surface area contributed by atoms with E-state index in [-0.39, 0.29) is 0 Å². The fourth-order valence-electron chi connectivity index (χ4n) is 2.50. The normalized spacial score (nSPS) is 12.5. The molecule has 0 aliphatic carbocycles. The van der Waals surface area contributed by atoms with Gasteiger partial charge in [0.05, 0.1) is 5.69 Å². The van der Waals surface area contributed by atoms with Gasteiger partial charge < -0.3 is 0 Å². The highest BCUT2D eigenvalue weighted by Crippen LogP contribution is 2.21. The molecule has 112 valence electrons. The number of nitrogens with zero attached hydrogens (tertiary/aromatic N) is 3. The van der Waals surface area contributed by atoms with Crippen molar-refractivity contribution in [3.63, 3.8) is 0 Å². The van der Waals surface area contributed by atoms with Crippen molar-refractivity contribution < 1.29 is 0 Å². The molecule has 4 heteroatoms. The van der Waals surface area contributed by atoms with Crippen LogP contribution < -0.4 is 0 Å². The second kappa shape index (κ2) is 6.54. The SMILES string of the molecule is CC(c1ccncc1)N(C)Cc1cc(-c2ccccc2)n[nH]1. The zero-order valence-corrected chi connectivity index (χ0v) is 12.9. The molecule has 1 N–H and O–H groups in total. The first kappa shape index (κ1) is 14.5. The average molecular weight is 292 g/mol. The zero-order chi connectivity index (χ0) is 15.4. The smallest absolute Gasteiger partial charge is 0.0924 e. The van der Waals surface area contributed by atoms with E-state index in [0.717, 1.165) is 23.5 Å². The van der Waals surface area contributed by atoms with Crippen LogP contribution in [0.5, 0.6) is 0 Å². The molecule has 0 fully saturated rings. The number of H-pyrrole nitrogens is 1. The van der Waals surface area contributed by atoms with Crippen LogP contribution in [0.25, 0.3) is 11.3 Å². The van der Waals surface area contributed by atoms with Gasteiger partial charge in [0.2, 0.25) is 0 Å². The predicted octanol–water partition coefficient (Wildman–Crippen LogP) is 3.66. The van der Waals surface area contributed by atoms with E-state index in [1.807, 2.05) is 30.6 Å². The number of benzene rings is 1. The summed E-state index contributed by atoms with van der Waals surface area (Å²) >= 11 is 0. The van der Waals surface area contributed by atoms with Crippen LogP contribution in [-0.2, 0) is 6.54 Å². The van der Waals surface area contributed by atoms with Crippen molar-refractivity contribution in [2.75, 3.05) is 7.05 Å². The summed E-state index contributed by atoms with van der Waals surface area (Å²) in [4.78, 5) is 6.36. The molecule has 2 aromatic heterocycles. The Morgan fingerprint density at radius 2 is 1.82 bits per heavy atom. The summed E-state index contributed by atoms with van der Waals surface area (Å²) < 4.78 is 0. The Balaban J connectivity index is 1.70. The lowest BCUT2D eigenvalue weighted by Gasteiger charge is -2.24. The van der Waals surface area contributed by atoms with Crippen molar-refractivity contribution >= 4 is 0 Å². The molecular weight excluding hydrogens is 272 g/mol. The first-order valence-corrected chi connectivity index (χ1v) is 7.44. The maximum absolute atomic E-state index is 4.41. The highest BCUT2D eigenvalue weighted by Gasteiger charge is 2.13. The van der Waals surface area contributed by atoms with Gasteiger partial charge in [-0.3, -0.25) is 15.0 Å². The largest absolute Gasteiger partial charge is 0.294 e. The van der Waals surface area contributed by atoms with Crippen molar-refractivity contribution in [2.24, 2.45) is 0 Å². The fraction of sp³-hybridized carbons (Fsp3) is 0.222. The Morgan fingerprint density at radius 1 is 1.09 bits per heavy atom. The van der Waals surface area contributed by atoms with Crippen LogP contribution in [-0.4, -0.2) is 27.1 Å². The Bertz CT molecular complexity index is 706. The summed E-state index contributed by atoms with van der Waals surface area (Å²) in [5, 5.41) is 7.55. The summed E-state index contributed by atoms with van der Waals surface area (Å²) in [7, 11) is 2.12. The molecule has 0 aliphatic rings. The molecule has 4 nitrogen and oxygen atoms in total. The summed E-state index contributed by atoms with van der Waals surface area (Å²) in [5.74, 6) is 0. The molecule has 1 unspecified atom stereocenters. The predicted molar refractivity (Wildman–Crippen MR) is 88.1 cm³/mol. The van der Waals surface area contributed by atoms with Gasteiger partial charge in [-0.15, -0.1) is 0 Å². The Morgan fingerprint density at radius 3 is 2.55 bits per heavy atom. The van der Waals surface area contributed by atoms with Crippen molar-refractivity contribution in [2.45, 2.75) is 19.5 Å². The van der Waals surface area contributed by atoms with Crippen LogP contribution in [0.3, 0.4) is 0 Å². The van der Waals surface area contributed by atoms with Gasteiger partial charge in [-0.25, -0.2) is 0 Å². The van der Waals surface area contributed by atoms with Crippen LogP contribution in [0.4, 0.5) is 0 Å². The highest BCUT2D eigenvalue weighted by molar-refractivity contribution is 5.58. The fourth-order valence-corrected chi connectivity index (χ4v) is 2.50. The van der Waals surface area contributed by atoms with Crippen LogP contribution in [0.2, 0.25) is 0 Å². The van der Waals surface area contributed by atoms with Gasteiger partial charge >= 0.3 is 0 Å². The Hall–Kier alpha value is -2.46. The Labute approximate surface area is 130 Å². The maximum atomic E-state index is 4.41. The standard InChI is InChI=1S/C18H20N4/c1-14(15-8-10-19-11-9-15)22(2)13-17-12-18(21-20-17)16-6-4-3-5-7-16/h3-12,14H,13H2,1-2H3,(H,20,21). The molecule has 22 heavy (non-hydrogen) atoms. The molecular formula is C18H20N4. The van der Waals surface area contributed by atoms with Crippen LogP contribution in [0, 0.1) is 0 Å². The number of nitrogens with one attached hydrogen (secondary N) is 1. The summed E-state index contributed by atoms with van der Waals surface area (Å²) in [6, 6.07) is 16.8. The minimum absolute atomic E-state index is 0.325. The number of aromatic nitrogens is 3. The van der Waals surface area contributed by atoms with Crippen LogP contribution in [0.1, 0.15) is 24.2 Å². The van der Waals surface area contributed by atoms with Gasteiger partial charge in [-0.2, -0.15) is 5.10 Å². The van der Waals surface area contributed by atoms with E-state index in [0.29, 0.717) is 6.04 Å². The van der Waals surface area contributed by atoms with Crippen LogP contribution in [0.15, 0.2) is 60.9 Å². The quantitative estimate of drug-likeness (QED) is 0.780. The zero-order valence-electron chi connectivity index (χ0n) is 12.9. The molecule has 3 rings (SSSR count). The van der Waals surface area contributed by atoms with Gasteiger partial charge in [0, 0.05) is 36.2 Å². The number of aromatic amines is 1. The molecule has 3 aromatic rings. The third-order valence-electron chi connectivity index (χ3n) is 3.97.